The van der Waals surface area contributed by atoms with Crippen molar-refractivity contribution in [3.63, 3.8) is 0 Å². The molecule has 0 bridgehead atoms. The number of methoxy groups -OCH3 is 1. The number of carbonyl (C=O) groups excluding carboxylic acids is 1. The first kappa shape index (κ1) is 21.7. The first-order chi connectivity index (χ1) is 13.0. The summed E-state index contributed by atoms with van der Waals surface area (Å²) in [6, 6.07) is 7.09. The molecule has 0 heterocycles. The maximum absolute atomic E-state index is 12.9. The fraction of sp³-hybridized carbons (Fsp3) is 0.350. The van der Waals surface area contributed by atoms with E-state index in [0.29, 0.717) is 18.5 Å². The van der Waals surface area contributed by atoms with Gasteiger partial charge in [0, 0.05) is 0 Å². The third kappa shape index (κ3) is 5.02. The number of esters is 1. The van der Waals surface area contributed by atoms with Crippen LogP contribution in [0.1, 0.15) is 40.4 Å². The van der Waals surface area contributed by atoms with Crippen LogP contribution in [0.4, 0.5) is 5.69 Å². The van der Waals surface area contributed by atoms with Crippen LogP contribution in [-0.4, -0.2) is 37.8 Å². The van der Waals surface area contributed by atoms with Crippen LogP contribution in [0, 0.1) is 13.8 Å². The van der Waals surface area contributed by atoms with Crippen molar-refractivity contribution in [2.45, 2.75) is 44.6 Å². The quantitative estimate of drug-likeness (QED) is 0.608. The summed E-state index contributed by atoms with van der Waals surface area (Å²) in [5.74, 6) is -1.20. The third-order valence-corrected chi connectivity index (χ3v) is 5.72. The van der Waals surface area contributed by atoms with Crippen molar-refractivity contribution in [2.24, 2.45) is 0 Å². The van der Waals surface area contributed by atoms with Crippen LogP contribution in [0.15, 0.2) is 35.2 Å². The number of anilines is 1. The fourth-order valence-electron chi connectivity index (χ4n) is 2.93. The second-order valence-corrected chi connectivity index (χ2v) is 8.45. The summed E-state index contributed by atoms with van der Waals surface area (Å²) < 4.78 is 32.9. The molecule has 2 aromatic carbocycles. The van der Waals surface area contributed by atoms with E-state index in [0.717, 1.165) is 35.9 Å². The van der Waals surface area contributed by atoms with Crippen LogP contribution in [-0.2, 0) is 21.2 Å². The molecule has 1 atom stereocenters. The molecule has 7 nitrogen and oxygen atoms in total. The largest absolute Gasteiger partial charge is 0.507 e. The number of phenolic OH excluding ortho intramolecular Hbond substituents is 1. The molecule has 0 aliphatic carbocycles. The van der Waals surface area contributed by atoms with Crippen molar-refractivity contribution in [1.29, 1.82) is 0 Å². The summed E-state index contributed by atoms with van der Waals surface area (Å²) in [6.45, 7) is 5.43. The number of carbonyl (C=O) groups is 1. The Bertz CT molecular complexity index is 982. The predicted octanol–water partition coefficient (Wildman–Crippen LogP) is 2.91. The molecule has 0 saturated heterocycles. The fourth-order valence-corrected chi connectivity index (χ4v) is 4.04. The Hall–Kier alpha value is -2.58. The van der Waals surface area contributed by atoms with Crippen molar-refractivity contribution in [2.75, 3.05) is 11.8 Å². The number of rotatable bonds is 7. The van der Waals surface area contributed by atoms with Gasteiger partial charge in [-0.15, -0.1) is 0 Å². The van der Waals surface area contributed by atoms with Gasteiger partial charge < -0.3 is 14.9 Å². The van der Waals surface area contributed by atoms with Gasteiger partial charge in [-0.05, 0) is 74.6 Å². The molecule has 0 spiro atoms. The number of aromatic hydroxyl groups is 1. The number of nitrogens with one attached hydrogen (secondary N) is 1. The van der Waals surface area contributed by atoms with Crippen LogP contribution in [0.3, 0.4) is 0 Å². The van der Waals surface area contributed by atoms with Crippen LogP contribution >= 0.6 is 0 Å². The first-order valence-corrected chi connectivity index (χ1v) is 10.3. The number of sulfonamides is 1. The minimum atomic E-state index is -4.02. The summed E-state index contributed by atoms with van der Waals surface area (Å²) in [5, 5.41) is 19.4. The maximum atomic E-state index is 12.9. The van der Waals surface area contributed by atoms with Gasteiger partial charge in [0.25, 0.3) is 10.0 Å². The normalized spacial score (nSPS) is 12.5. The van der Waals surface area contributed by atoms with Gasteiger partial charge in [0.15, 0.2) is 0 Å². The molecule has 0 fully saturated rings. The second kappa shape index (κ2) is 8.62. The highest BCUT2D eigenvalue weighted by molar-refractivity contribution is 7.92. The van der Waals surface area contributed by atoms with Gasteiger partial charge in [0.2, 0.25) is 0 Å². The average molecular weight is 407 g/mol. The van der Waals surface area contributed by atoms with Crippen molar-refractivity contribution >= 4 is 21.7 Å². The highest BCUT2D eigenvalue weighted by Crippen LogP contribution is 2.28. The Morgan fingerprint density at radius 3 is 2.50 bits per heavy atom. The zero-order valence-electron chi connectivity index (χ0n) is 16.3. The van der Waals surface area contributed by atoms with Crippen molar-refractivity contribution in [3.8, 4) is 5.75 Å². The van der Waals surface area contributed by atoms with Gasteiger partial charge >= 0.3 is 5.97 Å². The molecule has 3 N–H and O–H groups in total. The maximum Gasteiger partial charge on any atom is 0.341 e. The topological polar surface area (TPSA) is 113 Å². The number of aliphatic hydroxyl groups is 1. The first-order valence-electron chi connectivity index (χ1n) is 8.77. The van der Waals surface area contributed by atoms with Gasteiger partial charge in [-0.3, -0.25) is 4.72 Å². The van der Waals surface area contributed by atoms with E-state index in [2.05, 4.69) is 9.46 Å². The van der Waals surface area contributed by atoms with E-state index in [1.54, 1.807) is 13.0 Å². The molecule has 0 amide bonds. The van der Waals surface area contributed by atoms with E-state index in [4.69, 9.17) is 0 Å². The van der Waals surface area contributed by atoms with Crippen LogP contribution in [0.25, 0.3) is 0 Å². The molecule has 0 aliphatic heterocycles. The number of hydrogen-bond donors (Lipinski definition) is 3. The van der Waals surface area contributed by atoms with Crippen molar-refractivity contribution < 1.29 is 28.2 Å². The predicted molar refractivity (Wildman–Crippen MR) is 106 cm³/mol. The molecule has 0 saturated carbocycles. The number of ether oxygens (including phenoxy) is 1. The lowest BCUT2D eigenvalue weighted by molar-refractivity contribution is 0.0597. The van der Waals surface area contributed by atoms with Crippen molar-refractivity contribution in [1.82, 2.24) is 0 Å². The van der Waals surface area contributed by atoms with Gasteiger partial charge in [-0.2, -0.15) is 0 Å². The summed E-state index contributed by atoms with van der Waals surface area (Å²) in [7, 11) is -2.88. The summed E-state index contributed by atoms with van der Waals surface area (Å²) in [6.07, 6.45) is 0.486. The monoisotopic (exact) mass is 407 g/mol. The minimum Gasteiger partial charge on any atom is -0.507 e. The number of hydrogen-bond acceptors (Lipinski definition) is 6. The lowest BCUT2D eigenvalue weighted by atomic mass is 9.98. The van der Waals surface area contributed by atoms with Gasteiger partial charge in [-0.25, -0.2) is 13.2 Å². The van der Waals surface area contributed by atoms with Crippen LogP contribution < -0.4 is 4.72 Å². The van der Waals surface area contributed by atoms with E-state index in [1.165, 1.54) is 6.07 Å². The Balaban J connectivity index is 2.46. The zero-order valence-corrected chi connectivity index (χ0v) is 17.1. The third-order valence-electron chi connectivity index (χ3n) is 4.36. The van der Waals surface area contributed by atoms with Crippen LogP contribution in [0.2, 0.25) is 0 Å². The number of aryl methyl sites for hydroxylation is 2. The molecule has 2 rings (SSSR count). The number of phenols is 1. The van der Waals surface area contributed by atoms with Gasteiger partial charge in [0.1, 0.15) is 11.3 Å². The van der Waals surface area contributed by atoms with E-state index < -0.39 is 22.1 Å². The molecular weight excluding hydrogens is 382 g/mol. The van der Waals surface area contributed by atoms with Gasteiger partial charge in [-0.1, -0.05) is 6.07 Å². The second-order valence-electron chi connectivity index (χ2n) is 6.77. The zero-order chi connectivity index (χ0) is 21.1. The summed E-state index contributed by atoms with van der Waals surface area (Å²) in [4.78, 5) is 11.6. The number of aliphatic hydroxyl groups excluding tert-OH is 1. The minimum absolute atomic E-state index is 0.175. The standard InChI is InChI=1S/C20H25NO6S/c1-12-9-13(2)16(7-5-14(3)22)18(10-12)21-28(25,26)15-6-8-19(23)17(11-15)20(24)27-4/h6,8-11,14,21-23H,5,7H2,1-4H3/t14-/m1/s1. The smallest absolute Gasteiger partial charge is 0.341 e. The van der Waals surface area contributed by atoms with E-state index >= 15 is 0 Å². The highest BCUT2D eigenvalue weighted by atomic mass is 32.2. The Morgan fingerprint density at radius 1 is 1.21 bits per heavy atom. The molecule has 152 valence electrons. The molecule has 8 heteroatoms. The average Bonchev–Trinajstić information content (AvgIpc) is 2.59. The molecule has 0 unspecified atom stereocenters. The molecule has 0 aliphatic rings. The Morgan fingerprint density at radius 2 is 1.89 bits per heavy atom. The van der Waals surface area contributed by atoms with Gasteiger partial charge in [0.05, 0.1) is 23.8 Å². The number of benzene rings is 2. The van der Waals surface area contributed by atoms with E-state index in [9.17, 15) is 23.4 Å². The van der Waals surface area contributed by atoms with E-state index in [-0.39, 0.29) is 16.2 Å². The summed E-state index contributed by atoms with van der Waals surface area (Å²) >= 11 is 0. The lowest BCUT2D eigenvalue weighted by Gasteiger charge is -2.17. The SMILES string of the molecule is COC(=O)c1cc(S(=O)(=O)Nc2cc(C)cc(C)c2CC[C@@H](C)O)ccc1O. The summed E-state index contributed by atoms with van der Waals surface area (Å²) in [5.41, 5.74) is 2.78. The molecule has 0 aromatic heterocycles. The molecule has 0 radical (unpaired) electrons. The lowest BCUT2D eigenvalue weighted by Crippen LogP contribution is -2.16. The van der Waals surface area contributed by atoms with Crippen LogP contribution in [0.5, 0.6) is 5.75 Å². The van der Waals surface area contributed by atoms with E-state index in [1.807, 2.05) is 19.9 Å². The molecule has 2 aromatic rings. The highest BCUT2D eigenvalue weighted by Gasteiger charge is 2.21. The molecule has 28 heavy (non-hydrogen) atoms. The van der Waals surface area contributed by atoms with Crippen molar-refractivity contribution in [3.05, 3.63) is 52.6 Å². The Labute approximate surface area is 165 Å². The molecular formula is C20H25NO6S. The Kier molecular flexibility index (Phi) is 6.69.